The van der Waals surface area contributed by atoms with Gasteiger partial charge in [0.15, 0.2) is 0 Å². The molecule has 0 aliphatic rings. The molecule has 0 saturated heterocycles. The lowest BCUT2D eigenvalue weighted by Crippen LogP contribution is -2.28. The van der Waals surface area contributed by atoms with Crippen LogP contribution in [0.2, 0.25) is 0 Å². The van der Waals surface area contributed by atoms with Crippen molar-refractivity contribution in [3.63, 3.8) is 0 Å². The number of para-hydroxylation sites is 2. The van der Waals surface area contributed by atoms with Crippen LogP contribution in [0.1, 0.15) is 29.2 Å². The zero-order chi connectivity index (χ0) is 19.4. The van der Waals surface area contributed by atoms with Crippen LogP contribution >= 0.6 is 11.3 Å². The van der Waals surface area contributed by atoms with Gasteiger partial charge in [0.2, 0.25) is 0 Å². The van der Waals surface area contributed by atoms with Gasteiger partial charge in [0.1, 0.15) is 17.2 Å². The summed E-state index contributed by atoms with van der Waals surface area (Å²) in [7, 11) is 1.90. The van der Waals surface area contributed by atoms with E-state index in [2.05, 4.69) is 29.2 Å². The Labute approximate surface area is 163 Å². The number of ether oxygens (including phenoxy) is 1. The fourth-order valence-corrected chi connectivity index (χ4v) is 4.04. The van der Waals surface area contributed by atoms with Crippen molar-refractivity contribution in [3.05, 3.63) is 40.9 Å². The summed E-state index contributed by atoms with van der Waals surface area (Å²) in [5, 5.41) is 8.39. The van der Waals surface area contributed by atoms with Gasteiger partial charge in [-0.15, -0.1) is 11.3 Å². The molecule has 0 atom stereocenters. The number of amides is 1. The van der Waals surface area contributed by atoms with Crippen molar-refractivity contribution in [2.75, 3.05) is 31.6 Å². The summed E-state index contributed by atoms with van der Waals surface area (Å²) in [5.41, 5.74) is 1.62. The number of aryl methyl sites for hydroxylation is 2. The number of anilines is 1. The average molecular weight is 387 g/mol. The molecule has 0 fully saturated rings. The Morgan fingerprint density at radius 1 is 1.30 bits per heavy atom. The number of benzene rings is 1. The van der Waals surface area contributed by atoms with Gasteiger partial charge in [0.25, 0.3) is 5.91 Å². The van der Waals surface area contributed by atoms with Crippen LogP contribution in [-0.2, 0) is 7.05 Å². The maximum absolute atomic E-state index is 12.7. The van der Waals surface area contributed by atoms with Crippen LogP contribution in [0.3, 0.4) is 0 Å². The summed E-state index contributed by atoms with van der Waals surface area (Å²) in [6.07, 6.45) is 0. The predicted octanol–water partition coefficient (Wildman–Crippen LogP) is 3.92. The third-order valence-corrected chi connectivity index (χ3v) is 5.82. The van der Waals surface area contributed by atoms with E-state index in [0.717, 1.165) is 35.5 Å². The highest BCUT2D eigenvalue weighted by Crippen LogP contribution is 2.30. The van der Waals surface area contributed by atoms with Gasteiger partial charge in [-0.25, -0.2) is 0 Å². The average Bonchev–Trinajstić information content (AvgIpc) is 3.22. The van der Waals surface area contributed by atoms with Gasteiger partial charge in [-0.3, -0.25) is 9.48 Å². The molecule has 0 unspecified atom stereocenters. The Hall–Kier alpha value is -2.38. The molecule has 1 amide bonds. The number of likely N-dealkylation sites (N-methyl/N-ethyl adjacent to an activating group) is 1. The summed E-state index contributed by atoms with van der Waals surface area (Å²) in [6.45, 7) is 9.67. The number of fused-ring (bicyclic) bond motifs is 1. The second kappa shape index (κ2) is 8.54. The van der Waals surface area contributed by atoms with Crippen LogP contribution in [0.5, 0.6) is 5.75 Å². The first kappa shape index (κ1) is 19.4. The number of hydrogen-bond donors (Lipinski definition) is 1. The first-order valence-electron chi connectivity index (χ1n) is 9.22. The Kier molecular flexibility index (Phi) is 6.13. The van der Waals surface area contributed by atoms with E-state index in [1.807, 2.05) is 49.0 Å². The maximum Gasteiger partial charge on any atom is 0.265 e. The second-order valence-electron chi connectivity index (χ2n) is 6.36. The monoisotopic (exact) mass is 386 g/mol. The SMILES string of the molecule is CCN(CC)CCOc1ccccc1NC(=O)c1cc2c(C)nn(C)c2s1. The van der Waals surface area contributed by atoms with Crippen molar-refractivity contribution in [2.45, 2.75) is 20.8 Å². The maximum atomic E-state index is 12.7. The molecule has 3 rings (SSSR count). The first-order valence-corrected chi connectivity index (χ1v) is 10.0. The van der Waals surface area contributed by atoms with Crippen LogP contribution in [-0.4, -0.2) is 46.8 Å². The van der Waals surface area contributed by atoms with Gasteiger partial charge >= 0.3 is 0 Å². The minimum absolute atomic E-state index is 0.129. The molecule has 144 valence electrons. The second-order valence-corrected chi connectivity index (χ2v) is 7.39. The lowest BCUT2D eigenvalue weighted by Gasteiger charge is -2.19. The lowest BCUT2D eigenvalue weighted by atomic mass is 10.2. The molecule has 0 bridgehead atoms. The zero-order valence-electron chi connectivity index (χ0n) is 16.3. The molecule has 0 radical (unpaired) electrons. The highest BCUT2D eigenvalue weighted by molar-refractivity contribution is 7.20. The largest absolute Gasteiger partial charge is 0.490 e. The number of hydrogen-bond acceptors (Lipinski definition) is 5. The predicted molar refractivity (Wildman–Crippen MR) is 111 cm³/mol. The Balaban J connectivity index is 1.71. The molecular formula is C20H26N4O2S. The lowest BCUT2D eigenvalue weighted by molar-refractivity contribution is 0.103. The number of nitrogens with one attached hydrogen (secondary N) is 1. The fraction of sp³-hybridized carbons (Fsp3) is 0.400. The van der Waals surface area contributed by atoms with E-state index in [0.29, 0.717) is 22.9 Å². The van der Waals surface area contributed by atoms with E-state index in [-0.39, 0.29) is 5.91 Å². The van der Waals surface area contributed by atoms with Gasteiger partial charge in [0.05, 0.1) is 16.3 Å². The van der Waals surface area contributed by atoms with Crippen LogP contribution in [0, 0.1) is 6.92 Å². The first-order chi connectivity index (χ1) is 13.0. The van der Waals surface area contributed by atoms with E-state index in [9.17, 15) is 4.79 Å². The van der Waals surface area contributed by atoms with E-state index in [1.54, 1.807) is 0 Å². The minimum Gasteiger partial charge on any atom is -0.490 e. The van der Waals surface area contributed by atoms with Crippen molar-refractivity contribution in [1.29, 1.82) is 0 Å². The van der Waals surface area contributed by atoms with Crippen molar-refractivity contribution in [3.8, 4) is 5.75 Å². The molecule has 6 nitrogen and oxygen atoms in total. The smallest absolute Gasteiger partial charge is 0.265 e. The summed E-state index contributed by atoms with van der Waals surface area (Å²) in [4.78, 5) is 16.7. The normalized spacial score (nSPS) is 11.3. The number of carbonyl (C=O) groups is 1. The van der Waals surface area contributed by atoms with Crippen LogP contribution in [0.25, 0.3) is 10.2 Å². The van der Waals surface area contributed by atoms with Crippen molar-refractivity contribution in [2.24, 2.45) is 7.05 Å². The van der Waals surface area contributed by atoms with Crippen molar-refractivity contribution >= 4 is 33.1 Å². The van der Waals surface area contributed by atoms with Crippen LogP contribution < -0.4 is 10.1 Å². The van der Waals surface area contributed by atoms with Crippen molar-refractivity contribution in [1.82, 2.24) is 14.7 Å². The van der Waals surface area contributed by atoms with Gasteiger partial charge < -0.3 is 15.0 Å². The summed E-state index contributed by atoms with van der Waals surface area (Å²) < 4.78 is 7.74. The van der Waals surface area contributed by atoms with Crippen LogP contribution in [0.4, 0.5) is 5.69 Å². The molecule has 1 N–H and O–H groups in total. The number of aromatic nitrogens is 2. The third kappa shape index (κ3) is 4.31. The molecule has 3 aromatic rings. The number of thiophene rings is 1. The zero-order valence-corrected chi connectivity index (χ0v) is 17.1. The molecule has 0 saturated carbocycles. The van der Waals surface area contributed by atoms with Crippen LogP contribution in [0.15, 0.2) is 30.3 Å². The fourth-order valence-electron chi connectivity index (χ4n) is 3.02. The molecule has 0 spiro atoms. The highest BCUT2D eigenvalue weighted by Gasteiger charge is 2.16. The van der Waals surface area contributed by atoms with Gasteiger partial charge in [-0.2, -0.15) is 5.10 Å². The van der Waals surface area contributed by atoms with E-state index >= 15 is 0 Å². The van der Waals surface area contributed by atoms with E-state index in [1.165, 1.54) is 11.3 Å². The summed E-state index contributed by atoms with van der Waals surface area (Å²) in [5.74, 6) is 0.562. The van der Waals surface area contributed by atoms with E-state index < -0.39 is 0 Å². The third-order valence-electron chi connectivity index (χ3n) is 4.61. The minimum atomic E-state index is -0.129. The molecular weight excluding hydrogens is 360 g/mol. The molecule has 2 heterocycles. The number of carbonyl (C=O) groups excluding carboxylic acids is 1. The number of nitrogens with zero attached hydrogens (tertiary/aromatic N) is 3. The molecule has 2 aromatic heterocycles. The molecule has 1 aromatic carbocycles. The topological polar surface area (TPSA) is 59.4 Å². The van der Waals surface area contributed by atoms with Gasteiger partial charge in [-0.1, -0.05) is 26.0 Å². The Bertz CT molecular complexity index is 893. The Morgan fingerprint density at radius 2 is 2.04 bits per heavy atom. The Morgan fingerprint density at radius 3 is 2.74 bits per heavy atom. The van der Waals surface area contributed by atoms with Crippen molar-refractivity contribution < 1.29 is 9.53 Å². The highest BCUT2D eigenvalue weighted by atomic mass is 32.1. The quantitative estimate of drug-likeness (QED) is 0.638. The van der Waals surface area contributed by atoms with Gasteiger partial charge in [-0.05, 0) is 38.2 Å². The summed E-state index contributed by atoms with van der Waals surface area (Å²) >= 11 is 1.45. The van der Waals surface area contributed by atoms with E-state index in [4.69, 9.17) is 4.74 Å². The molecule has 0 aliphatic heterocycles. The standard InChI is InChI=1S/C20H26N4O2S/c1-5-24(6-2)11-12-26-17-10-8-7-9-16(17)21-19(25)18-13-15-14(3)22-23(4)20(15)27-18/h7-10,13H,5-6,11-12H2,1-4H3,(H,21,25). The number of rotatable bonds is 8. The molecule has 7 heteroatoms. The van der Waals surface area contributed by atoms with Gasteiger partial charge in [0, 0.05) is 19.0 Å². The summed E-state index contributed by atoms with van der Waals surface area (Å²) in [6, 6.07) is 9.46. The molecule has 0 aliphatic carbocycles. The molecule has 27 heavy (non-hydrogen) atoms.